The van der Waals surface area contributed by atoms with Gasteiger partial charge in [0.25, 0.3) is 11.2 Å². The van der Waals surface area contributed by atoms with E-state index in [1.54, 1.807) is 33.8 Å². The van der Waals surface area contributed by atoms with Crippen LogP contribution in [-0.2, 0) is 6.54 Å². The number of hydrogen-bond donors (Lipinski definition) is 0. The normalized spacial score (nSPS) is 10.8. The van der Waals surface area contributed by atoms with Gasteiger partial charge in [0.2, 0.25) is 0 Å². The van der Waals surface area contributed by atoms with Gasteiger partial charge in [0.05, 0.1) is 16.9 Å². The monoisotopic (exact) mass is 415 g/mol. The van der Waals surface area contributed by atoms with E-state index < -0.39 is 4.92 Å². The number of rotatable bonds is 4. The van der Waals surface area contributed by atoms with Gasteiger partial charge in [0.15, 0.2) is 0 Å². The Morgan fingerprint density at radius 1 is 0.935 bits per heavy atom. The van der Waals surface area contributed by atoms with Crippen molar-refractivity contribution in [2.45, 2.75) is 6.54 Å². The van der Waals surface area contributed by atoms with Crippen LogP contribution in [0.1, 0.15) is 5.56 Å². The van der Waals surface area contributed by atoms with Crippen molar-refractivity contribution in [2.75, 3.05) is 0 Å². The molecule has 154 valence electrons. The van der Waals surface area contributed by atoms with Crippen molar-refractivity contribution in [3.05, 3.63) is 105 Å². The van der Waals surface area contributed by atoms with Crippen molar-refractivity contribution < 1.29 is 10.4 Å². The molecule has 2 N–H and O–H groups in total. The molecule has 0 bridgehead atoms. The standard InChI is InChI=1S/C22H15N5O3.H2O/c28-22-20-19(24-14-25(20)13-15-8-10-17(11-9-15)27(29)30)18-7-4-12-23-21(18)26(22)16-5-2-1-3-6-16;/h1-12,14H,13H2;1H2. The van der Waals surface area contributed by atoms with Gasteiger partial charge in [-0.2, -0.15) is 0 Å². The Hall–Kier alpha value is -4.37. The molecule has 3 aromatic heterocycles. The number of non-ortho nitro benzene ring substituents is 1. The number of nitro benzene ring substituents is 1. The van der Waals surface area contributed by atoms with E-state index in [2.05, 4.69) is 9.97 Å². The second-order valence-corrected chi connectivity index (χ2v) is 6.84. The summed E-state index contributed by atoms with van der Waals surface area (Å²) >= 11 is 0. The molecule has 0 aliphatic heterocycles. The average Bonchev–Trinajstić information content (AvgIpc) is 3.19. The van der Waals surface area contributed by atoms with Crippen molar-refractivity contribution in [3.63, 3.8) is 0 Å². The van der Waals surface area contributed by atoms with Crippen LogP contribution in [0.3, 0.4) is 0 Å². The fourth-order valence-corrected chi connectivity index (χ4v) is 3.62. The van der Waals surface area contributed by atoms with Gasteiger partial charge in [0.1, 0.15) is 16.7 Å². The molecule has 0 amide bonds. The van der Waals surface area contributed by atoms with Crippen molar-refractivity contribution >= 4 is 27.8 Å². The second kappa shape index (κ2) is 7.81. The molecule has 2 aromatic carbocycles. The summed E-state index contributed by atoms with van der Waals surface area (Å²) in [5, 5.41) is 11.7. The fourth-order valence-electron chi connectivity index (χ4n) is 3.62. The lowest BCUT2D eigenvalue weighted by atomic mass is 10.2. The zero-order chi connectivity index (χ0) is 20.7. The van der Waals surface area contributed by atoms with E-state index in [-0.39, 0.29) is 16.7 Å². The largest absolute Gasteiger partial charge is 0.412 e. The summed E-state index contributed by atoms with van der Waals surface area (Å²) in [6.07, 6.45) is 3.27. The Bertz CT molecular complexity index is 1460. The third kappa shape index (κ3) is 3.32. The Labute approximate surface area is 175 Å². The van der Waals surface area contributed by atoms with Gasteiger partial charge >= 0.3 is 0 Å². The van der Waals surface area contributed by atoms with Crippen LogP contribution in [0.25, 0.3) is 27.8 Å². The summed E-state index contributed by atoms with van der Waals surface area (Å²) in [7, 11) is 0. The first-order valence-electron chi connectivity index (χ1n) is 9.27. The van der Waals surface area contributed by atoms with E-state index in [4.69, 9.17) is 0 Å². The Morgan fingerprint density at radius 3 is 2.39 bits per heavy atom. The lowest BCUT2D eigenvalue weighted by Crippen LogP contribution is -2.22. The maximum Gasteiger partial charge on any atom is 0.282 e. The number of aromatic nitrogens is 4. The number of pyridine rings is 2. The zero-order valence-electron chi connectivity index (χ0n) is 16.2. The summed E-state index contributed by atoms with van der Waals surface area (Å²) in [6, 6.07) is 19.3. The molecular weight excluding hydrogens is 398 g/mol. The van der Waals surface area contributed by atoms with Gasteiger partial charge < -0.3 is 10.0 Å². The first kappa shape index (κ1) is 19.9. The van der Waals surface area contributed by atoms with Crippen LogP contribution in [0.15, 0.2) is 84.0 Å². The van der Waals surface area contributed by atoms with Crippen molar-refractivity contribution in [3.8, 4) is 5.69 Å². The van der Waals surface area contributed by atoms with Crippen LogP contribution in [0.2, 0.25) is 0 Å². The number of imidazole rings is 1. The summed E-state index contributed by atoms with van der Waals surface area (Å²) < 4.78 is 3.36. The zero-order valence-corrected chi connectivity index (χ0v) is 16.2. The minimum atomic E-state index is -0.436. The van der Waals surface area contributed by atoms with Gasteiger partial charge in [0, 0.05) is 30.3 Å². The third-order valence-corrected chi connectivity index (χ3v) is 5.01. The van der Waals surface area contributed by atoms with Crippen LogP contribution in [0.5, 0.6) is 0 Å². The fraction of sp³-hybridized carbons (Fsp3) is 0.0455. The van der Waals surface area contributed by atoms with E-state index >= 15 is 0 Å². The molecule has 5 aromatic rings. The molecule has 0 atom stereocenters. The summed E-state index contributed by atoms with van der Waals surface area (Å²) in [5.74, 6) is 0. The van der Waals surface area contributed by atoms with Gasteiger partial charge in [-0.25, -0.2) is 9.97 Å². The molecule has 0 saturated heterocycles. The Balaban J connectivity index is 0.00000231. The van der Waals surface area contributed by atoms with Crippen molar-refractivity contribution in [1.82, 2.24) is 19.1 Å². The first-order chi connectivity index (χ1) is 14.6. The van der Waals surface area contributed by atoms with Crippen LogP contribution in [-0.4, -0.2) is 29.5 Å². The smallest absolute Gasteiger partial charge is 0.282 e. The summed E-state index contributed by atoms with van der Waals surface area (Å²) in [5.41, 5.74) is 2.93. The highest BCUT2D eigenvalue weighted by atomic mass is 16.6. The Morgan fingerprint density at radius 2 is 1.68 bits per heavy atom. The first-order valence-corrected chi connectivity index (χ1v) is 9.27. The van der Waals surface area contributed by atoms with Crippen LogP contribution in [0, 0.1) is 10.1 Å². The molecule has 0 saturated carbocycles. The van der Waals surface area contributed by atoms with E-state index in [1.807, 2.05) is 42.5 Å². The number of nitrogens with zero attached hydrogens (tertiary/aromatic N) is 5. The highest BCUT2D eigenvalue weighted by Crippen LogP contribution is 2.23. The highest BCUT2D eigenvalue weighted by molar-refractivity contribution is 6.01. The lowest BCUT2D eigenvalue weighted by molar-refractivity contribution is -0.384. The number of hydrogen-bond acceptors (Lipinski definition) is 5. The predicted molar refractivity (Wildman–Crippen MR) is 116 cm³/mol. The van der Waals surface area contributed by atoms with Crippen LogP contribution >= 0.6 is 0 Å². The van der Waals surface area contributed by atoms with E-state index in [0.29, 0.717) is 23.2 Å². The molecule has 3 heterocycles. The van der Waals surface area contributed by atoms with Gasteiger partial charge in [-0.05, 0) is 29.8 Å². The lowest BCUT2D eigenvalue weighted by Gasteiger charge is -2.11. The van der Waals surface area contributed by atoms with Gasteiger partial charge in [-0.3, -0.25) is 19.5 Å². The van der Waals surface area contributed by atoms with Crippen LogP contribution < -0.4 is 5.56 Å². The summed E-state index contributed by atoms with van der Waals surface area (Å²) in [4.78, 5) is 32.9. The molecule has 0 radical (unpaired) electrons. The van der Waals surface area contributed by atoms with Crippen molar-refractivity contribution in [2.24, 2.45) is 0 Å². The molecular formula is C22H17N5O4. The van der Waals surface area contributed by atoms with Crippen molar-refractivity contribution in [1.29, 1.82) is 0 Å². The molecule has 0 aliphatic rings. The topological polar surface area (TPSA) is 127 Å². The number of nitro groups is 1. The minimum absolute atomic E-state index is 0. The highest BCUT2D eigenvalue weighted by Gasteiger charge is 2.17. The molecule has 31 heavy (non-hydrogen) atoms. The van der Waals surface area contributed by atoms with Gasteiger partial charge in [-0.15, -0.1) is 0 Å². The van der Waals surface area contributed by atoms with E-state index in [9.17, 15) is 14.9 Å². The molecule has 5 rings (SSSR count). The molecule has 9 heteroatoms. The van der Waals surface area contributed by atoms with Gasteiger partial charge in [-0.1, -0.05) is 30.3 Å². The SMILES string of the molecule is O.O=c1c2c(ncn2Cc2ccc([N+](=O)[O-])cc2)c2cccnc2n1-c1ccccc1. The number of para-hydroxylation sites is 1. The predicted octanol–water partition coefficient (Wildman–Crippen LogP) is 2.87. The molecule has 0 aliphatic carbocycles. The molecule has 9 nitrogen and oxygen atoms in total. The molecule has 0 fully saturated rings. The molecule has 0 spiro atoms. The molecule has 0 unspecified atom stereocenters. The third-order valence-electron chi connectivity index (χ3n) is 5.01. The average molecular weight is 415 g/mol. The van der Waals surface area contributed by atoms with E-state index in [1.165, 1.54) is 12.1 Å². The quantitative estimate of drug-likeness (QED) is 0.329. The number of benzene rings is 2. The Kier molecular flexibility index (Phi) is 5.02. The second-order valence-electron chi connectivity index (χ2n) is 6.84. The van der Waals surface area contributed by atoms with Crippen LogP contribution in [0.4, 0.5) is 5.69 Å². The minimum Gasteiger partial charge on any atom is -0.412 e. The number of fused-ring (bicyclic) bond motifs is 3. The summed E-state index contributed by atoms with van der Waals surface area (Å²) in [6.45, 7) is 0.365. The maximum atomic E-state index is 13.5. The maximum absolute atomic E-state index is 13.5. The van der Waals surface area contributed by atoms with E-state index in [0.717, 1.165) is 16.6 Å².